The van der Waals surface area contributed by atoms with Crippen molar-refractivity contribution in [3.05, 3.63) is 28.8 Å². The van der Waals surface area contributed by atoms with Crippen LogP contribution in [0.4, 0.5) is 0 Å². The molecule has 0 heterocycles. The molecule has 0 saturated heterocycles. The van der Waals surface area contributed by atoms with Crippen molar-refractivity contribution >= 4 is 35.8 Å². The van der Waals surface area contributed by atoms with Crippen LogP contribution in [0.25, 0.3) is 0 Å². The number of hydrogen-bond acceptors (Lipinski definition) is 3. The molecule has 0 aliphatic carbocycles. The summed E-state index contributed by atoms with van der Waals surface area (Å²) >= 11 is 7.61. The maximum Gasteiger partial charge on any atom is 0.0758 e. The number of nitrogens with one attached hydrogen (secondary N) is 1. The van der Waals surface area contributed by atoms with E-state index >= 15 is 0 Å². The lowest BCUT2D eigenvalue weighted by Crippen LogP contribution is -2.41. The number of aliphatic hydroxyl groups is 1. The van der Waals surface area contributed by atoms with Crippen LogP contribution in [0.2, 0.25) is 5.02 Å². The molecule has 2 nitrogen and oxygen atoms in total. The lowest BCUT2D eigenvalue weighted by atomic mass is 10.1. The summed E-state index contributed by atoms with van der Waals surface area (Å²) in [4.78, 5) is 1.14. The largest absolute Gasteiger partial charge is 0.391 e. The second kappa shape index (κ2) is 8.38. The van der Waals surface area contributed by atoms with Crippen molar-refractivity contribution in [3.8, 4) is 0 Å². The van der Waals surface area contributed by atoms with Crippen molar-refractivity contribution in [1.82, 2.24) is 5.32 Å². The summed E-state index contributed by atoms with van der Waals surface area (Å²) in [7, 11) is 0. The summed E-state index contributed by atoms with van der Waals surface area (Å²) in [6.45, 7) is 8.94. The van der Waals surface area contributed by atoms with Gasteiger partial charge in [-0.3, -0.25) is 0 Å². The molecule has 1 atom stereocenters. The number of β-amino-alcohol motifs (C(OH)–C–C–N with tert-alkyl or cyclic N) is 1. The lowest BCUT2D eigenvalue weighted by Gasteiger charge is -2.22. The van der Waals surface area contributed by atoms with Gasteiger partial charge in [-0.25, -0.2) is 0 Å². The van der Waals surface area contributed by atoms with Gasteiger partial charge >= 0.3 is 0 Å². The summed E-state index contributed by atoms with van der Waals surface area (Å²) in [6.07, 6.45) is -0.354. The highest BCUT2D eigenvalue weighted by Gasteiger charge is 2.12. The number of thioether (sulfide) groups is 1. The molecular formula is C14H23Cl2NOS. The van der Waals surface area contributed by atoms with E-state index in [0.717, 1.165) is 9.92 Å². The van der Waals surface area contributed by atoms with Crippen LogP contribution in [0.3, 0.4) is 0 Å². The van der Waals surface area contributed by atoms with Gasteiger partial charge in [0.2, 0.25) is 0 Å². The molecule has 1 aromatic carbocycles. The first-order valence-corrected chi connectivity index (χ1v) is 7.46. The maximum atomic E-state index is 9.92. The van der Waals surface area contributed by atoms with Crippen molar-refractivity contribution in [2.45, 2.75) is 44.2 Å². The Bertz CT molecular complexity index is 394. The average molecular weight is 324 g/mol. The van der Waals surface area contributed by atoms with Gasteiger partial charge in [0, 0.05) is 27.8 Å². The molecule has 0 amide bonds. The molecule has 0 radical (unpaired) electrons. The molecule has 0 saturated carbocycles. The smallest absolute Gasteiger partial charge is 0.0758 e. The van der Waals surface area contributed by atoms with Gasteiger partial charge in [-0.1, -0.05) is 17.7 Å². The van der Waals surface area contributed by atoms with Crippen molar-refractivity contribution in [2.24, 2.45) is 0 Å². The Labute approximate surface area is 131 Å². The van der Waals surface area contributed by atoms with E-state index in [9.17, 15) is 5.11 Å². The fourth-order valence-corrected chi connectivity index (χ4v) is 2.63. The van der Waals surface area contributed by atoms with Crippen LogP contribution in [-0.4, -0.2) is 29.0 Å². The van der Waals surface area contributed by atoms with Gasteiger partial charge < -0.3 is 10.4 Å². The number of aliphatic hydroxyl groups excluding tert-OH is 1. The lowest BCUT2D eigenvalue weighted by molar-refractivity contribution is 0.183. The molecule has 5 heteroatoms. The molecule has 0 bridgehead atoms. The number of hydrogen-bond donors (Lipinski definition) is 2. The van der Waals surface area contributed by atoms with E-state index in [-0.39, 0.29) is 24.0 Å². The SMILES string of the molecule is Cc1ccc(Cl)cc1SCC(O)CNC(C)(C)C.Cl. The molecule has 1 rings (SSSR count). The molecule has 1 unspecified atom stereocenters. The highest BCUT2D eigenvalue weighted by molar-refractivity contribution is 7.99. The molecule has 0 spiro atoms. The molecule has 0 aliphatic heterocycles. The van der Waals surface area contributed by atoms with Gasteiger partial charge in [-0.05, 0) is 45.4 Å². The van der Waals surface area contributed by atoms with Crippen molar-refractivity contribution in [1.29, 1.82) is 0 Å². The van der Waals surface area contributed by atoms with E-state index in [1.165, 1.54) is 5.56 Å². The quantitative estimate of drug-likeness (QED) is 0.806. The minimum Gasteiger partial charge on any atom is -0.391 e. The third-order valence-corrected chi connectivity index (χ3v) is 3.99. The predicted molar refractivity (Wildman–Crippen MR) is 87.9 cm³/mol. The molecule has 2 N–H and O–H groups in total. The van der Waals surface area contributed by atoms with E-state index in [0.29, 0.717) is 12.3 Å². The number of rotatable bonds is 5. The van der Waals surface area contributed by atoms with Gasteiger partial charge in [0.25, 0.3) is 0 Å². The summed E-state index contributed by atoms with van der Waals surface area (Å²) in [5.41, 5.74) is 1.23. The zero-order valence-electron chi connectivity index (χ0n) is 11.9. The van der Waals surface area contributed by atoms with E-state index < -0.39 is 0 Å². The maximum absolute atomic E-state index is 9.92. The van der Waals surface area contributed by atoms with Crippen LogP contribution in [0.1, 0.15) is 26.3 Å². The molecule has 19 heavy (non-hydrogen) atoms. The van der Waals surface area contributed by atoms with Crippen LogP contribution >= 0.6 is 35.8 Å². The Hall–Kier alpha value is 0.0700. The molecule has 0 aliphatic rings. The van der Waals surface area contributed by atoms with E-state index in [2.05, 4.69) is 33.0 Å². The van der Waals surface area contributed by atoms with E-state index in [1.54, 1.807) is 11.8 Å². The molecule has 110 valence electrons. The topological polar surface area (TPSA) is 32.3 Å². The second-order valence-corrected chi connectivity index (χ2v) is 7.00. The van der Waals surface area contributed by atoms with Crippen molar-refractivity contribution in [3.63, 3.8) is 0 Å². The second-order valence-electron chi connectivity index (χ2n) is 5.51. The summed E-state index contributed by atoms with van der Waals surface area (Å²) in [5, 5.41) is 14.0. The Balaban J connectivity index is 0.00000324. The normalized spacial score (nSPS) is 12.9. The number of benzene rings is 1. The van der Waals surface area contributed by atoms with E-state index in [1.807, 2.05) is 18.2 Å². The molecule has 0 aromatic heterocycles. The van der Waals surface area contributed by atoms with Crippen LogP contribution in [0.15, 0.2) is 23.1 Å². The first-order chi connectivity index (χ1) is 8.28. The first kappa shape index (κ1) is 19.1. The molecule has 0 fully saturated rings. The van der Waals surface area contributed by atoms with Crippen LogP contribution < -0.4 is 5.32 Å². The van der Waals surface area contributed by atoms with Gasteiger partial charge in [0.1, 0.15) is 0 Å². The first-order valence-electron chi connectivity index (χ1n) is 6.10. The summed E-state index contributed by atoms with van der Waals surface area (Å²) < 4.78 is 0. The van der Waals surface area contributed by atoms with Gasteiger partial charge in [0.15, 0.2) is 0 Å². The Morgan fingerprint density at radius 2 is 2.00 bits per heavy atom. The molecular weight excluding hydrogens is 301 g/mol. The van der Waals surface area contributed by atoms with Crippen molar-refractivity contribution in [2.75, 3.05) is 12.3 Å². The fourth-order valence-electron chi connectivity index (χ4n) is 1.40. The van der Waals surface area contributed by atoms with Crippen LogP contribution in [0, 0.1) is 6.92 Å². The standard InChI is InChI=1S/C14H22ClNOS.ClH/c1-10-5-6-11(15)7-13(10)18-9-12(17)8-16-14(2,3)4;/h5-7,12,16-17H,8-9H2,1-4H3;1H. The Morgan fingerprint density at radius 3 is 2.58 bits per heavy atom. The molecule has 1 aromatic rings. The zero-order valence-corrected chi connectivity index (χ0v) is 14.3. The zero-order chi connectivity index (χ0) is 13.8. The summed E-state index contributed by atoms with van der Waals surface area (Å²) in [6, 6.07) is 5.84. The summed E-state index contributed by atoms with van der Waals surface area (Å²) in [5.74, 6) is 0.671. The van der Waals surface area contributed by atoms with Crippen LogP contribution in [0.5, 0.6) is 0 Å². The minimum atomic E-state index is -0.354. The predicted octanol–water partition coefficient (Wildman–Crippen LogP) is 3.91. The highest BCUT2D eigenvalue weighted by Crippen LogP contribution is 2.26. The third kappa shape index (κ3) is 8.05. The Kier molecular flexibility index (Phi) is 8.41. The monoisotopic (exact) mass is 323 g/mol. The minimum absolute atomic E-state index is 0. The van der Waals surface area contributed by atoms with Crippen LogP contribution in [-0.2, 0) is 0 Å². The number of halogens is 2. The Morgan fingerprint density at radius 1 is 1.37 bits per heavy atom. The van der Waals surface area contributed by atoms with Gasteiger partial charge in [-0.15, -0.1) is 24.2 Å². The average Bonchev–Trinajstić information content (AvgIpc) is 2.26. The van der Waals surface area contributed by atoms with E-state index in [4.69, 9.17) is 11.6 Å². The van der Waals surface area contributed by atoms with Gasteiger partial charge in [0.05, 0.1) is 6.10 Å². The fraction of sp³-hybridized carbons (Fsp3) is 0.571. The van der Waals surface area contributed by atoms with Gasteiger partial charge in [-0.2, -0.15) is 0 Å². The number of aryl methyl sites for hydroxylation is 1. The third-order valence-electron chi connectivity index (χ3n) is 2.45. The van der Waals surface area contributed by atoms with Crippen molar-refractivity contribution < 1.29 is 5.11 Å². The highest BCUT2D eigenvalue weighted by atomic mass is 35.5.